The molecule has 1 aromatic heterocycles. The lowest BCUT2D eigenvalue weighted by molar-refractivity contribution is -0.122. The van der Waals surface area contributed by atoms with Gasteiger partial charge in [-0.1, -0.05) is 31.2 Å². The highest BCUT2D eigenvalue weighted by molar-refractivity contribution is 5.81. The topological polar surface area (TPSA) is 83.8 Å². The van der Waals surface area contributed by atoms with Crippen LogP contribution in [-0.4, -0.2) is 22.1 Å². The lowest BCUT2D eigenvalue weighted by Crippen LogP contribution is -2.39. The number of H-pyrrole nitrogens is 1. The minimum Gasteiger partial charge on any atom is -0.351 e. The quantitative estimate of drug-likeness (QED) is 0.758. The van der Waals surface area contributed by atoms with E-state index in [1.165, 1.54) is 0 Å². The van der Waals surface area contributed by atoms with Crippen LogP contribution in [0.3, 0.4) is 0 Å². The van der Waals surface area contributed by atoms with Gasteiger partial charge in [-0.2, -0.15) is 5.10 Å². The summed E-state index contributed by atoms with van der Waals surface area (Å²) in [6, 6.07) is 9.44. The molecule has 0 fully saturated rings. The van der Waals surface area contributed by atoms with E-state index in [4.69, 9.17) is 5.73 Å². The maximum atomic E-state index is 11.6. The van der Waals surface area contributed by atoms with Crippen molar-refractivity contribution in [2.45, 2.75) is 25.9 Å². The number of amides is 1. The monoisotopic (exact) mass is 258 g/mol. The Hall–Kier alpha value is -2.14. The van der Waals surface area contributed by atoms with Crippen molar-refractivity contribution in [2.75, 3.05) is 0 Å². The number of rotatable bonds is 5. The summed E-state index contributed by atoms with van der Waals surface area (Å²) in [6.07, 6.45) is 2.36. The summed E-state index contributed by atoms with van der Waals surface area (Å²) in [5, 5.41) is 9.64. The zero-order valence-electron chi connectivity index (χ0n) is 10.9. The molecule has 0 radical (unpaired) electrons. The van der Waals surface area contributed by atoms with E-state index in [1.807, 2.05) is 37.3 Å². The highest BCUT2D eigenvalue weighted by Crippen LogP contribution is 2.16. The Morgan fingerprint density at radius 1 is 1.37 bits per heavy atom. The molecule has 1 atom stereocenters. The highest BCUT2D eigenvalue weighted by Gasteiger charge is 2.09. The fourth-order valence-electron chi connectivity index (χ4n) is 1.72. The predicted molar refractivity (Wildman–Crippen MR) is 74.1 cm³/mol. The number of nitrogens with two attached hydrogens (primary N) is 1. The van der Waals surface area contributed by atoms with Gasteiger partial charge >= 0.3 is 0 Å². The molecule has 0 aliphatic rings. The van der Waals surface area contributed by atoms with Gasteiger partial charge in [-0.25, -0.2) is 0 Å². The summed E-state index contributed by atoms with van der Waals surface area (Å²) < 4.78 is 0. The summed E-state index contributed by atoms with van der Waals surface area (Å²) in [6.45, 7) is 2.39. The van der Waals surface area contributed by atoms with Gasteiger partial charge in [-0.3, -0.25) is 9.89 Å². The zero-order valence-corrected chi connectivity index (χ0v) is 10.9. The minimum absolute atomic E-state index is 0.111. The molecule has 1 amide bonds. The largest absolute Gasteiger partial charge is 0.351 e. The number of aromatic nitrogens is 2. The van der Waals surface area contributed by atoms with Crippen LogP contribution in [0.5, 0.6) is 0 Å². The number of aromatic amines is 1. The van der Waals surface area contributed by atoms with Crippen molar-refractivity contribution in [2.24, 2.45) is 5.73 Å². The predicted octanol–water partition coefficient (Wildman–Crippen LogP) is 1.43. The molecular formula is C14H18N4O. The smallest absolute Gasteiger partial charge is 0.237 e. The van der Waals surface area contributed by atoms with Crippen molar-refractivity contribution < 1.29 is 4.79 Å². The molecule has 100 valence electrons. The number of carbonyl (C=O) groups is 1. The molecule has 2 rings (SSSR count). The summed E-state index contributed by atoms with van der Waals surface area (Å²) in [7, 11) is 0. The van der Waals surface area contributed by atoms with Crippen LogP contribution in [0, 0.1) is 0 Å². The Morgan fingerprint density at radius 2 is 2.11 bits per heavy atom. The van der Waals surface area contributed by atoms with E-state index < -0.39 is 6.04 Å². The Bertz CT molecular complexity index is 519. The second-order valence-electron chi connectivity index (χ2n) is 4.40. The Labute approximate surface area is 112 Å². The number of carbonyl (C=O) groups excluding carboxylic acids is 1. The van der Waals surface area contributed by atoms with Gasteiger partial charge in [-0.15, -0.1) is 0 Å². The molecule has 0 bridgehead atoms. The SMILES string of the molecule is CC[C@@H](N)C(=O)NCc1ccc(-c2ccn[nH]2)cc1. The lowest BCUT2D eigenvalue weighted by atomic mass is 10.1. The molecule has 0 spiro atoms. The third-order valence-electron chi connectivity index (χ3n) is 3.01. The normalized spacial score (nSPS) is 12.1. The van der Waals surface area contributed by atoms with Crippen LogP contribution in [0.4, 0.5) is 0 Å². The van der Waals surface area contributed by atoms with Gasteiger partial charge in [0.1, 0.15) is 0 Å². The molecule has 0 saturated heterocycles. The molecule has 0 unspecified atom stereocenters. The molecular weight excluding hydrogens is 240 g/mol. The van der Waals surface area contributed by atoms with E-state index in [0.29, 0.717) is 13.0 Å². The van der Waals surface area contributed by atoms with Crippen LogP contribution in [0.2, 0.25) is 0 Å². The number of hydrogen-bond acceptors (Lipinski definition) is 3. The molecule has 4 N–H and O–H groups in total. The van der Waals surface area contributed by atoms with Crippen molar-refractivity contribution in [1.29, 1.82) is 0 Å². The highest BCUT2D eigenvalue weighted by atomic mass is 16.2. The second kappa shape index (κ2) is 6.15. The van der Waals surface area contributed by atoms with Crippen LogP contribution in [-0.2, 0) is 11.3 Å². The van der Waals surface area contributed by atoms with Crippen LogP contribution in [0.25, 0.3) is 11.3 Å². The molecule has 5 nitrogen and oxygen atoms in total. The zero-order chi connectivity index (χ0) is 13.7. The standard InChI is InChI=1S/C14H18N4O/c1-2-12(15)14(19)16-9-10-3-5-11(6-4-10)13-7-8-17-18-13/h3-8,12H,2,9,15H2,1H3,(H,16,19)(H,17,18)/t12-/m1/s1. The van der Waals surface area contributed by atoms with Crippen LogP contribution < -0.4 is 11.1 Å². The first-order valence-corrected chi connectivity index (χ1v) is 6.32. The van der Waals surface area contributed by atoms with Gasteiger partial charge in [0.25, 0.3) is 0 Å². The lowest BCUT2D eigenvalue weighted by Gasteiger charge is -2.10. The summed E-state index contributed by atoms with van der Waals surface area (Å²) in [4.78, 5) is 11.6. The molecule has 5 heteroatoms. The van der Waals surface area contributed by atoms with E-state index in [2.05, 4.69) is 15.5 Å². The van der Waals surface area contributed by atoms with Gasteiger partial charge in [0, 0.05) is 12.7 Å². The second-order valence-corrected chi connectivity index (χ2v) is 4.40. The van der Waals surface area contributed by atoms with E-state index in [1.54, 1.807) is 6.20 Å². The third-order valence-corrected chi connectivity index (χ3v) is 3.01. The first-order chi connectivity index (χ1) is 9.20. The van der Waals surface area contributed by atoms with Crippen LogP contribution >= 0.6 is 0 Å². The average molecular weight is 258 g/mol. The molecule has 1 heterocycles. The number of nitrogens with zero attached hydrogens (tertiary/aromatic N) is 1. The van der Waals surface area contributed by atoms with Gasteiger partial charge in [0.05, 0.1) is 11.7 Å². The Balaban J connectivity index is 1.94. The average Bonchev–Trinajstić information content (AvgIpc) is 2.98. The molecule has 0 saturated carbocycles. The van der Waals surface area contributed by atoms with Crippen molar-refractivity contribution in [3.05, 3.63) is 42.1 Å². The Morgan fingerprint density at radius 3 is 2.68 bits per heavy atom. The summed E-state index contributed by atoms with van der Waals surface area (Å²) in [5.74, 6) is -0.111. The minimum atomic E-state index is -0.427. The molecule has 0 aliphatic heterocycles. The van der Waals surface area contributed by atoms with Crippen molar-refractivity contribution in [3.63, 3.8) is 0 Å². The first-order valence-electron chi connectivity index (χ1n) is 6.32. The van der Waals surface area contributed by atoms with E-state index >= 15 is 0 Å². The van der Waals surface area contributed by atoms with Crippen LogP contribution in [0.1, 0.15) is 18.9 Å². The number of benzene rings is 1. The van der Waals surface area contributed by atoms with Crippen molar-refractivity contribution >= 4 is 5.91 Å². The van der Waals surface area contributed by atoms with E-state index in [-0.39, 0.29) is 5.91 Å². The maximum absolute atomic E-state index is 11.6. The number of nitrogens with one attached hydrogen (secondary N) is 2. The fraction of sp³-hybridized carbons (Fsp3) is 0.286. The maximum Gasteiger partial charge on any atom is 0.237 e. The Kier molecular flexibility index (Phi) is 4.30. The van der Waals surface area contributed by atoms with E-state index in [9.17, 15) is 4.79 Å². The van der Waals surface area contributed by atoms with Gasteiger partial charge < -0.3 is 11.1 Å². The van der Waals surface area contributed by atoms with Crippen LogP contribution in [0.15, 0.2) is 36.5 Å². The van der Waals surface area contributed by atoms with Gasteiger partial charge in [0.2, 0.25) is 5.91 Å². The fourth-order valence-corrected chi connectivity index (χ4v) is 1.72. The molecule has 0 aliphatic carbocycles. The van der Waals surface area contributed by atoms with Crippen molar-refractivity contribution in [1.82, 2.24) is 15.5 Å². The molecule has 19 heavy (non-hydrogen) atoms. The van der Waals surface area contributed by atoms with Gasteiger partial charge in [0.15, 0.2) is 0 Å². The summed E-state index contributed by atoms with van der Waals surface area (Å²) in [5.41, 5.74) is 8.73. The third kappa shape index (κ3) is 3.42. The van der Waals surface area contributed by atoms with E-state index in [0.717, 1.165) is 16.8 Å². The van der Waals surface area contributed by atoms with Gasteiger partial charge in [-0.05, 0) is 23.6 Å². The summed E-state index contributed by atoms with van der Waals surface area (Å²) >= 11 is 0. The van der Waals surface area contributed by atoms with Crippen molar-refractivity contribution in [3.8, 4) is 11.3 Å². The first kappa shape index (κ1) is 13.3. The molecule has 2 aromatic rings. The number of hydrogen-bond donors (Lipinski definition) is 3. The molecule has 1 aromatic carbocycles.